The summed E-state index contributed by atoms with van der Waals surface area (Å²) in [6.45, 7) is 6.50. The molecular weight excluding hydrogens is 116 g/mol. The highest BCUT2D eigenvalue weighted by molar-refractivity contribution is 5.95. The van der Waals surface area contributed by atoms with E-state index in [0.717, 1.165) is 6.08 Å². The van der Waals surface area contributed by atoms with E-state index in [1.165, 1.54) is 6.29 Å². The summed E-state index contributed by atoms with van der Waals surface area (Å²) in [5.74, 6) is -0.205. The molecule has 1 radical (unpaired) electrons. The average molecular weight is 123 g/mol. The Bertz CT molecular complexity index is 138. The van der Waals surface area contributed by atoms with Gasteiger partial charge in [0.2, 0.25) is 6.29 Å². The largest absolute Gasteiger partial charge is 0.295 e. The molecule has 0 unspecified atom stereocenters. The van der Waals surface area contributed by atoms with Gasteiger partial charge < -0.3 is 0 Å². The first-order valence-corrected chi connectivity index (χ1v) is 2.42. The molecule has 0 spiro atoms. The monoisotopic (exact) mass is 123 g/mol. The Morgan fingerprint density at radius 2 is 2.22 bits per heavy atom. The molecule has 0 aliphatic carbocycles. The summed E-state index contributed by atoms with van der Waals surface area (Å²) >= 11 is 0. The molecule has 0 aliphatic rings. The van der Waals surface area contributed by atoms with E-state index in [2.05, 4.69) is 13.2 Å². The molecule has 0 heterocycles. The lowest BCUT2D eigenvalue weighted by Crippen LogP contribution is -1.93. The van der Waals surface area contributed by atoms with E-state index >= 15 is 0 Å². The van der Waals surface area contributed by atoms with Gasteiger partial charge in [-0.15, -0.1) is 0 Å². The predicted molar refractivity (Wildman–Crippen MR) is 34.7 cm³/mol. The molecule has 47 valence electrons. The first-order chi connectivity index (χ1) is 4.20. The van der Waals surface area contributed by atoms with E-state index < -0.39 is 0 Å². The van der Waals surface area contributed by atoms with Gasteiger partial charge in [0.1, 0.15) is 0 Å². The minimum Gasteiger partial charge on any atom is -0.295 e. The molecule has 0 aromatic carbocycles. The maximum Gasteiger partial charge on any atom is 0.229 e. The molecular formula is C7H7O2. The molecule has 0 aliphatic heterocycles. The molecule has 0 fully saturated rings. The van der Waals surface area contributed by atoms with Gasteiger partial charge in [0.15, 0.2) is 5.78 Å². The van der Waals surface area contributed by atoms with Crippen molar-refractivity contribution in [1.82, 2.24) is 0 Å². The van der Waals surface area contributed by atoms with E-state index in [4.69, 9.17) is 0 Å². The van der Waals surface area contributed by atoms with E-state index in [1.54, 1.807) is 0 Å². The first-order valence-electron chi connectivity index (χ1n) is 2.42. The van der Waals surface area contributed by atoms with E-state index in [1.807, 2.05) is 0 Å². The average Bonchev–Trinajstić information content (AvgIpc) is 1.87. The summed E-state index contributed by atoms with van der Waals surface area (Å²) in [5, 5.41) is 0. The van der Waals surface area contributed by atoms with Crippen molar-refractivity contribution in [3.05, 3.63) is 24.8 Å². The van der Waals surface area contributed by atoms with E-state index in [0.29, 0.717) is 0 Å². The maximum atomic E-state index is 10.4. The fourth-order valence-corrected chi connectivity index (χ4v) is 0.319. The minimum atomic E-state index is -0.205. The Morgan fingerprint density at radius 1 is 1.67 bits per heavy atom. The number of hydrogen-bond donors (Lipinski definition) is 0. The molecule has 0 saturated heterocycles. The first kappa shape index (κ1) is 7.82. The Kier molecular flexibility index (Phi) is 3.28. The Labute approximate surface area is 53.9 Å². The van der Waals surface area contributed by atoms with Gasteiger partial charge in [-0.25, -0.2) is 0 Å². The number of carbonyl (C=O) groups excluding carboxylic acids is 2. The quantitative estimate of drug-likeness (QED) is 0.518. The molecule has 0 saturated carbocycles. The van der Waals surface area contributed by atoms with Crippen LogP contribution < -0.4 is 0 Å². The molecule has 2 heteroatoms. The van der Waals surface area contributed by atoms with Crippen molar-refractivity contribution in [2.75, 3.05) is 0 Å². The number of allylic oxidation sites excluding steroid dienone is 2. The highest BCUT2D eigenvalue weighted by atomic mass is 16.1. The van der Waals surface area contributed by atoms with Crippen molar-refractivity contribution in [1.29, 1.82) is 0 Å². The standard InChI is InChI=1S/C7H7O2/c1-3-7(9)4-6(2)5-8/h3H,1-2,4H2. The summed E-state index contributed by atoms with van der Waals surface area (Å²) in [4.78, 5) is 20.2. The number of ketones is 1. The topological polar surface area (TPSA) is 34.1 Å². The van der Waals surface area contributed by atoms with Gasteiger partial charge in [-0.05, 0) is 6.08 Å². The SMILES string of the molecule is C=CC(=O)CC(=C)[C]=O. The van der Waals surface area contributed by atoms with Gasteiger partial charge in [0, 0.05) is 12.0 Å². The molecule has 0 rings (SSSR count). The second-order valence-corrected chi connectivity index (χ2v) is 1.55. The second kappa shape index (κ2) is 3.78. The third kappa shape index (κ3) is 3.41. The molecule has 2 nitrogen and oxygen atoms in total. The van der Waals surface area contributed by atoms with Crippen LogP contribution in [0, 0.1) is 0 Å². The summed E-state index contributed by atoms with van der Waals surface area (Å²) in [6, 6.07) is 0. The van der Waals surface area contributed by atoms with Gasteiger partial charge in [0.25, 0.3) is 0 Å². The zero-order valence-electron chi connectivity index (χ0n) is 5.02. The number of carbonyl (C=O) groups is 1. The van der Waals surface area contributed by atoms with E-state index in [9.17, 15) is 9.59 Å². The van der Waals surface area contributed by atoms with Crippen molar-refractivity contribution in [3.8, 4) is 0 Å². The number of hydrogen-bond acceptors (Lipinski definition) is 2. The van der Waals surface area contributed by atoms with Crippen molar-refractivity contribution in [2.45, 2.75) is 6.42 Å². The highest BCUT2D eigenvalue weighted by Gasteiger charge is 1.97. The normalized spacial score (nSPS) is 8.00. The summed E-state index contributed by atoms with van der Waals surface area (Å²) in [5.41, 5.74) is 0.167. The molecule has 0 N–H and O–H groups in total. The van der Waals surface area contributed by atoms with Crippen LogP contribution in [-0.2, 0) is 9.59 Å². The molecule has 0 bridgehead atoms. The fraction of sp³-hybridized carbons (Fsp3) is 0.143. The van der Waals surface area contributed by atoms with Gasteiger partial charge in [0.05, 0.1) is 0 Å². The minimum absolute atomic E-state index is 0.0347. The lowest BCUT2D eigenvalue weighted by Gasteiger charge is -1.87. The zero-order chi connectivity index (χ0) is 7.28. The third-order valence-corrected chi connectivity index (χ3v) is 0.760. The maximum absolute atomic E-state index is 10.4. The summed E-state index contributed by atoms with van der Waals surface area (Å²) < 4.78 is 0. The predicted octanol–water partition coefficient (Wildman–Crippen LogP) is 0.797. The molecule has 0 aromatic rings. The van der Waals surface area contributed by atoms with Gasteiger partial charge in [-0.1, -0.05) is 13.2 Å². The van der Waals surface area contributed by atoms with Crippen LogP contribution >= 0.6 is 0 Å². The Hall–Kier alpha value is -1.18. The Morgan fingerprint density at radius 3 is 2.56 bits per heavy atom. The zero-order valence-corrected chi connectivity index (χ0v) is 5.02. The fourth-order valence-electron chi connectivity index (χ4n) is 0.319. The number of rotatable bonds is 4. The van der Waals surface area contributed by atoms with Gasteiger partial charge in [-0.2, -0.15) is 0 Å². The van der Waals surface area contributed by atoms with Crippen LogP contribution in [0.1, 0.15) is 6.42 Å². The van der Waals surface area contributed by atoms with Gasteiger partial charge in [-0.3, -0.25) is 9.59 Å². The van der Waals surface area contributed by atoms with Crippen LogP contribution in [-0.4, -0.2) is 12.1 Å². The lowest BCUT2D eigenvalue weighted by molar-refractivity contribution is -0.113. The highest BCUT2D eigenvalue weighted by Crippen LogP contribution is 1.93. The van der Waals surface area contributed by atoms with Crippen LogP contribution in [0.3, 0.4) is 0 Å². The molecule has 9 heavy (non-hydrogen) atoms. The smallest absolute Gasteiger partial charge is 0.229 e. The van der Waals surface area contributed by atoms with Crippen LogP contribution in [0.15, 0.2) is 24.8 Å². The van der Waals surface area contributed by atoms with Crippen molar-refractivity contribution >= 4 is 12.1 Å². The van der Waals surface area contributed by atoms with E-state index in [-0.39, 0.29) is 17.8 Å². The molecule has 0 atom stereocenters. The summed E-state index contributed by atoms with van der Waals surface area (Å²) in [7, 11) is 0. The van der Waals surface area contributed by atoms with Crippen molar-refractivity contribution in [2.24, 2.45) is 0 Å². The Balaban J connectivity index is 3.73. The van der Waals surface area contributed by atoms with Crippen LogP contribution in [0.2, 0.25) is 0 Å². The molecule has 0 aromatic heterocycles. The third-order valence-electron chi connectivity index (χ3n) is 0.760. The lowest BCUT2D eigenvalue weighted by atomic mass is 10.2. The van der Waals surface area contributed by atoms with Gasteiger partial charge >= 0.3 is 0 Å². The van der Waals surface area contributed by atoms with Crippen LogP contribution in [0.25, 0.3) is 0 Å². The van der Waals surface area contributed by atoms with Crippen molar-refractivity contribution < 1.29 is 9.59 Å². The molecule has 0 amide bonds. The summed E-state index contributed by atoms with van der Waals surface area (Å²) in [6.07, 6.45) is 2.71. The van der Waals surface area contributed by atoms with Crippen LogP contribution in [0.5, 0.6) is 0 Å². The van der Waals surface area contributed by atoms with Crippen molar-refractivity contribution in [3.63, 3.8) is 0 Å². The van der Waals surface area contributed by atoms with Crippen LogP contribution in [0.4, 0.5) is 0 Å². The second-order valence-electron chi connectivity index (χ2n) is 1.55.